The largest absolute Gasteiger partial charge is 0.462 e. The van der Waals surface area contributed by atoms with E-state index in [0.717, 1.165) is 103 Å². The fourth-order valence-corrected chi connectivity index (χ4v) is 5.80. The summed E-state index contributed by atoms with van der Waals surface area (Å²) in [6.07, 6.45) is 46.9. The number of hydrogen-bond donors (Lipinski definition) is 0. The molecule has 0 aromatic heterocycles. The van der Waals surface area contributed by atoms with E-state index in [1.807, 2.05) is 0 Å². The Kier molecular flexibility index (Phi) is 39.1. The third kappa shape index (κ3) is 38.6. The molecular weight excluding hydrogens is 648 g/mol. The van der Waals surface area contributed by atoms with E-state index in [1.54, 1.807) is 0 Å². The zero-order valence-electron chi connectivity index (χ0n) is 34.1. The maximum absolute atomic E-state index is 12.6. The molecule has 0 aliphatic carbocycles. The van der Waals surface area contributed by atoms with E-state index in [2.05, 4.69) is 69.4 Å². The van der Waals surface area contributed by atoms with Gasteiger partial charge in [0.15, 0.2) is 6.10 Å². The summed E-state index contributed by atoms with van der Waals surface area (Å²) in [7, 11) is 0. The van der Waals surface area contributed by atoms with Crippen LogP contribution in [-0.2, 0) is 28.6 Å². The molecule has 0 amide bonds. The Morgan fingerprint density at radius 2 is 0.750 bits per heavy atom. The van der Waals surface area contributed by atoms with Gasteiger partial charge in [0.25, 0.3) is 0 Å². The lowest BCUT2D eigenvalue weighted by atomic mass is 10.1. The van der Waals surface area contributed by atoms with Gasteiger partial charge in [-0.1, -0.05) is 159 Å². The minimum atomic E-state index is -0.774. The summed E-state index contributed by atoms with van der Waals surface area (Å²) in [5.74, 6) is -0.917. The quantitative estimate of drug-likeness (QED) is 0.0272. The van der Waals surface area contributed by atoms with E-state index in [-0.39, 0.29) is 31.1 Å². The molecule has 300 valence electrons. The van der Waals surface area contributed by atoms with Crippen molar-refractivity contribution in [3.05, 3.63) is 48.6 Å². The summed E-state index contributed by atoms with van der Waals surface area (Å²) in [6, 6.07) is 0. The molecule has 6 heteroatoms. The van der Waals surface area contributed by atoms with Crippen molar-refractivity contribution in [2.24, 2.45) is 0 Å². The molecule has 0 spiro atoms. The zero-order chi connectivity index (χ0) is 38.0. The number of ether oxygens (including phenoxy) is 3. The molecule has 1 unspecified atom stereocenters. The molecule has 0 aromatic carbocycles. The van der Waals surface area contributed by atoms with Crippen LogP contribution in [-0.4, -0.2) is 37.2 Å². The number of allylic oxidation sites excluding steroid dienone is 8. The third-order valence-corrected chi connectivity index (χ3v) is 9.07. The van der Waals surface area contributed by atoms with Gasteiger partial charge >= 0.3 is 17.9 Å². The Balaban J connectivity index is 4.25. The van der Waals surface area contributed by atoms with Crippen molar-refractivity contribution in [3.63, 3.8) is 0 Å². The lowest BCUT2D eigenvalue weighted by Gasteiger charge is -2.18. The Hall–Kier alpha value is -2.63. The highest BCUT2D eigenvalue weighted by Crippen LogP contribution is 2.13. The van der Waals surface area contributed by atoms with Crippen LogP contribution in [0, 0.1) is 0 Å². The third-order valence-electron chi connectivity index (χ3n) is 9.07. The summed E-state index contributed by atoms with van der Waals surface area (Å²) in [5, 5.41) is 0. The van der Waals surface area contributed by atoms with Crippen LogP contribution in [0.4, 0.5) is 0 Å². The standard InChI is InChI=1S/C46H80O6/c1-4-7-10-13-15-17-19-21-22-23-24-25-27-28-30-33-36-39-45(48)51-42-43(41-50-44(47)38-35-32-12-9-6-3)52-46(49)40-37-34-31-29-26-20-18-16-14-11-8-5-2/h7,10,15-18,21-22,43H,4-6,8-9,11-14,19-20,23-42H2,1-3H3/b10-7-,17-15-,18-16-,22-21-. The molecule has 0 aromatic rings. The topological polar surface area (TPSA) is 78.9 Å². The maximum Gasteiger partial charge on any atom is 0.306 e. The summed E-state index contributed by atoms with van der Waals surface area (Å²) in [4.78, 5) is 37.4. The second-order valence-corrected chi connectivity index (χ2v) is 14.2. The molecule has 52 heavy (non-hydrogen) atoms. The fourth-order valence-electron chi connectivity index (χ4n) is 5.80. The van der Waals surface area contributed by atoms with Crippen LogP contribution in [0.2, 0.25) is 0 Å². The minimum Gasteiger partial charge on any atom is -0.462 e. The molecule has 0 bridgehead atoms. The zero-order valence-corrected chi connectivity index (χ0v) is 34.1. The normalized spacial score (nSPS) is 12.4. The van der Waals surface area contributed by atoms with Gasteiger partial charge in [0.1, 0.15) is 13.2 Å². The Morgan fingerprint density at radius 3 is 1.23 bits per heavy atom. The fraction of sp³-hybridized carbons (Fsp3) is 0.761. The molecule has 0 aliphatic rings. The molecule has 0 saturated carbocycles. The van der Waals surface area contributed by atoms with Gasteiger partial charge in [-0.15, -0.1) is 0 Å². The number of carbonyl (C=O) groups excluding carboxylic acids is 3. The number of hydrogen-bond acceptors (Lipinski definition) is 6. The molecule has 0 fully saturated rings. The van der Waals surface area contributed by atoms with Crippen LogP contribution < -0.4 is 0 Å². The highest BCUT2D eigenvalue weighted by atomic mass is 16.6. The maximum atomic E-state index is 12.6. The Morgan fingerprint density at radius 1 is 0.404 bits per heavy atom. The summed E-state index contributed by atoms with van der Waals surface area (Å²) >= 11 is 0. The van der Waals surface area contributed by atoms with Gasteiger partial charge in [0.2, 0.25) is 0 Å². The van der Waals surface area contributed by atoms with E-state index in [1.165, 1.54) is 64.2 Å². The molecular formula is C46H80O6. The predicted octanol–water partition coefficient (Wildman–Crippen LogP) is 13.6. The van der Waals surface area contributed by atoms with E-state index in [0.29, 0.717) is 19.3 Å². The predicted molar refractivity (Wildman–Crippen MR) is 219 cm³/mol. The number of esters is 3. The monoisotopic (exact) mass is 729 g/mol. The van der Waals surface area contributed by atoms with Crippen molar-refractivity contribution >= 4 is 17.9 Å². The lowest BCUT2D eigenvalue weighted by molar-refractivity contribution is -0.167. The number of rotatable bonds is 38. The van der Waals surface area contributed by atoms with Crippen molar-refractivity contribution in [1.29, 1.82) is 0 Å². The van der Waals surface area contributed by atoms with Crippen LogP contribution in [0.15, 0.2) is 48.6 Å². The molecule has 0 heterocycles. The molecule has 0 aliphatic heterocycles. The Labute approximate surface area is 320 Å². The van der Waals surface area contributed by atoms with Crippen LogP contribution in [0.3, 0.4) is 0 Å². The second kappa shape index (κ2) is 41.1. The first-order valence-electron chi connectivity index (χ1n) is 21.6. The molecule has 6 nitrogen and oxygen atoms in total. The summed E-state index contributed by atoms with van der Waals surface area (Å²) in [5.41, 5.74) is 0. The van der Waals surface area contributed by atoms with Gasteiger partial charge in [-0.2, -0.15) is 0 Å². The van der Waals surface area contributed by atoms with Gasteiger partial charge in [0, 0.05) is 19.3 Å². The van der Waals surface area contributed by atoms with Crippen molar-refractivity contribution in [2.45, 2.75) is 213 Å². The van der Waals surface area contributed by atoms with Gasteiger partial charge < -0.3 is 14.2 Å². The molecule has 0 radical (unpaired) electrons. The lowest BCUT2D eigenvalue weighted by Crippen LogP contribution is -2.30. The van der Waals surface area contributed by atoms with Crippen molar-refractivity contribution < 1.29 is 28.6 Å². The van der Waals surface area contributed by atoms with Crippen molar-refractivity contribution in [3.8, 4) is 0 Å². The van der Waals surface area contributed by atoms with Crippen LogP contribution in [0.25, 0.3) is 0 Å². The molecule has 0 N–H and O–H groups in total. The SMILES string of the molecule is CC/C=C\C/C=C\C/C=C\CCCCCCCCCC(=O)OCC(COC(=O)CCCCCCC)OC(=O)CCCCCCC/C=C\CCCCC. The van der Waals surface area contributed by atoms with Crippen LogP contribution in [0.1, 0.15) is 207 Å². The first-order chi connectivity index (χ1) is 25.5. The first kappa shape index (κ1) is 49.4. The summed E-state index contributed by atoms with van der Waals surface area (Å²) in [6.45, 7) is 6.38. The van der Waals surface area contributed by atoms with E-state index in [4.69, 9.17) is 14.2 Å². The van der Waals surface area contributed by atoms with Gasteiger partial charge in [0.05, 0.1) is 0 Å². The average molecular weight is 729 g/mol. The average Bonchev–Trinajstić information content (AvgIpc) is 3.14. The van der Waals surface area contributed by atoms with Gasteiger partial charge in [-0.25, -0.2) is 0 Å². The molecule has 0 saturated heterocycles. The number of unbranched alkanes of at least 4 members (excludes halogenated alkanes) is 19. The smallest absolute Gasteiger partial charge is 0.306 e. The van der Waals surface area contributed by atoms with Gasteiger partial charge in [-0.05, 0) is 77.0 Å². The van der Waals surface area contributed by atoms with Crippen LogP contribution >= 0.6 is 0 Å². The van der Waals surface area contributed by atoms with E-state index in [9.17, 15) is 14.4 Å². The summed E-state index contributed by atoms with van der Waals surface area (Å²) < 4.78 is 16.6. The van der Waals surface area contributed by atoms with Crippen molar-refractivity contribution in [1.82, 2.24) is 0 Å². The highest BCUT2D eigenvalue weighted by molar-refractivity contribution is 5.71. The minimum absolute atomic E-state index is 0.0808. The van der Waals surface area contributed by atoms with E-state index >= 15 is 0 Å². The first-order valence-corrected chi connectivity index (χ1v) is 21.6. The van der Waals surface area contributed by atoms with Crippen molar-refractivity contribution in [2.75, 3.05) is 13.2 Å². The second-order valence-electron chi connectivity index (χ2n) is 14.2. The van der Waals surface area contributed by atoms with E-state index < -0.39 is 6.10 Å². The van der Waals surface area contributed by atoms with Crippen LogP contribution in [0.5, 0.6) is 0 Å². The molecule has 1 atom stereocenters. The highest BCUT2D eigenvalue weighted by Gasteiger charge is 2.19. The molecule has 0 rings (SSSR count). The Bertz CT molecular complexity index is 933. The van der Waals surface area contributed by atoms with Gasteiger partial charge in [-0.3, -0.25) is 14.4 Å². The number of carbonyl (C=O) groups is 3.